The molecule has 2 rings (SSSR count). The fourth-order valence-corrected chi connectivity index (χ4v) is 1.68. The molecule has 2 heterocycles. The molecule has 2 aromatic rings. The molecule has 0 aliphatic carbocycles. The van der Waals surface area contributed by atoms with Crippen molar-refractivity contribution in [1.29, 1.82) is 0 Å². The normalized spacial score (nSPS) is 12.0. The standard InChI is InChI=1S/C11H13F3N4O2/c1-19-8-3-2-7-9(17-8)18(10(15)16-7)4-5-20-6-11(12,13)14/h2-3H,4-6H2,1H3,(H2,15,16). The molecule has 0 spiro atoms. The first-order chi connectivity index (χ1) is 9.40. The van der Waals surface area contributed by atoms with Crippen molar-refractivity contribution in [3.05, 3.63) is 12.1 Å². The summed E-state index contributed by atoms with van der Waals surface area (Å²) in [7, 11) is 1.46. The number of halogens is 3. The van der Waals surface area contributed by atoms with E-state index >= 15 is 0 Å². The number of imidazole rings is 1. The molecule has 9 heteroatoms. The van der Waals surface area contributed by atoms with Crippen LogP contribution in [0.3, 0.4) is 0 Å². The highest BCUT2D eigenvalue weighted by atomic mass is 19.4. The van der Waals surface area contributed by atoms with Crippen molar-refractivity contribution in [3.63, 3.8) is 0 Å². The quantitative estimate of drug-likeness (QED) is 0.847. The summed E-state index contributed by atoms with van der Waals surface area (Å²) in [5.74, 6) is 0.534. The van der Waals surface area contributed by atoms with E-state index in [1.54, 1.807) is 12.1 Å². The summed E-state index contributed by atoms with van der Waals surface area (Å²) < 4.78 is 46.9. The largest absolute Gasteiger partial charge is 0.481 e. The third-order valence-electron chi connectivity index (χ3n) is 2.53. The molecule has 2 aromatic heterocycles. The highest BCUT2D eigenvalue weighted by molar-refractivity contribution is 5.74. The Labute approximate surface area is 112 Å². The average molecular weight is 290 g/mol. The lowest BCUT2D eigenvalue weighted by Gasteiger charge is -2.09. The van der Waals surface area contributed by atoms with Crippen molar-refractivity contribution < 1.29 is 22.6 Å². The fraction of sp³-hybridized carbons (Fsp3) is 0.455. The van der Waals surface area contributed by atoms with Crippen LogP contribution in [0.25, 0.3) is 11.2 Å². The first kappa shape index (κ1) is 14.4. The van der Waals surface area contributed by atoms with E-state index in [1.165, 1.54) is 11.7 Å². The number of nitrogens with zero attached hydrogens (tertiary/aromatic N) is 3. The Morgan fingerprint density at radius 3 is 2.70 bits per heavy atom. The molecule has 0 saturated carbocycles. The van der Waals surface area contributed by atoms with Gasteiger partial charge in [-0.05, 0) is 6.07 Å². The van der Waals surface area contributed by atoms with Gasteiger partial charge in [0.25, 0.3) is 0 Å². The second kappa shape index (κ2) is 5.53. The van der Waals surface area contributed by atoms with Crippen molar-refractivity contribution in [2.75, 3.05) is 26.1 Å². The third-order valence-corrected chi connectivity index (χ3v) is 2.53. The molecule has 0 aromatic carbocycles. The summed E-state index contributed by atoms with van der Waals surface area (Å²) in [4.78, 5) is 8.22. The van der Waals surface area contributed by atoms with Crippen LogP contribution in [-0.2, 0) is 11.3 Å². The van der Waals surface area contributed by atoms with Gasteiger partial charge in [0.15, 0.2) is 5.65 Å². The van der Waals surface area contributed by atoms with E-state index in [0.29, 0.717) is 17.0 Å². The predicted octanol–water partition coefficient (Wildman–Crippen LogP) is 1.60. The number of methoxy groups -OCH3 is 1. The molecular weight excluding hydrogens is 277 g/mol. The zero-order valence-corrected chi connectivity index (χ0v) is 10.6. The molecule has 0 aliphatic rings. The van der Waals surface area contributed by atoms with Gasteiger partial charge in [0.2, 0.25) is 11.8 Å². The molecule has 0 radical (unpaired) electrons. The van der Waals surface area contributed by atoms with Gasteiger partial charge in [-0.25, -0.2) is 4.98 Å². The van der Waals surface area contributed by atoms with E-state index in [0.717, 1.165) is 0 Å². The lowest BCUT2D eigenvalue weighted by Crippen LogP contribution is -2.19. The zero-order valence-electron chi connectivity index (χ0n) is 10.6. The van der Waals surface area contributed by atoms with Crippen molar-refractivity contribution in [3.8, 4) is 5.88 Å². The van der Waals surface area contributed by atoms with Crippen LogP contribution in [0.4, 0.5) is 19.1 Å². The minimum atomic E-state index is -4.34. The van der Waals surface area contributed by atoms with Gasteiger partial charge >= 0.3 is 6.18 Å². The molecule has 0 amide bonds. The van der Waals surface area contributed by atoms with Crippen molar-refractivity contribution in [1.82, 2.24) is 14.5 Å². The number of hydrogen-bond acceptors (Lipinski definition) is 5. The predicted molar refractivity (Wildman–Crippen MR) is 65.4 cm³/mol. The summed E-state index contributed by atoms with van der Waals surface area (Å²) >= 11 is 0. The van der Waals surface area contributed by atoms with E-state index in [9.17, 15) is 13.2 Å². The number of rotatable bonds is 5. The van der Waals surface area contributed by atoms with Crippen LogP contribution in [0.2, 0.25) is 0 Å². The summed E-state index contributed by atoms with van der Waals surface area (Å²) in [5.41, 5.74) is 6.69. The number of fused-ring (bicyclic) bond motifs is 1. The average Bonchev–Trinajstić information content (AvgIpc) is 2.68. The summed E-state index contributed by atoms with van der Waals surface area (Å²) in [5, 5.41) is 0. The lowest BCUT2D eigenvalue weighted by atomic mass is 10.4. The second-order valence-electron chi connectivity index (χ2n) is 3.99. The number of aromatic nitrogens is 3. The maximum atomic E-state index is 12.0. The van der Waals surface area contributed by atoms with Crippen LogP contribution in [-0.4, -0.2) is 41.0 Å². The van der Waals surface area contributed by atoms with Gasteiger partial charge in [-0.3, -0.25) is 4.57 Å². The first-order valence-electron chi connectivity index (χ1n) is 5.72. The Bertz CT molecular complexity index is 597. The molecule has 20 heavy (non-hydrogen) atoms. The minimum absolute atomic E-state index is 0.124. The number of pyridine rings is 1. The highest BCUT2D eigenvalue weighted by Gasteiger charge is 2.27. The maximum absolute atomic E-state index is 12.0. The Morgan fingerprint density at radius 1 is 1.30 bits per heavy atom. The number of anilines is 1. The molecule has 0 unspecified atom stereocenters. The molecule has 110 valence electrons. The van der Waals surface area contributed by atoms with Crippen LogP contribution in [0.1, 0.15) is 0 Å². The zero-order chi connectivity index (χ0) is 14.8. The van der Waals surface area contributed by atoms with Gasteiger partial charge in [-0.1, -0.05) is 0 Å². The van der Waals surface area contributed by atoms with Gasteiger partial charge in [0.05, 0.1) is 20.3 Å². The van der Waals surface area contributed by atoms with E-state index in [4.69, 9.17) is 10.5 Å². The van der Waals surface area contributed by atoms with Crippen LogP contribution in [0, 0.1) is 0 Å². The smallest absolute Gasteiger partial charge is 0.411 e. The molecule has 0 atom stereocenters. The van der Waals surface area contributed by atoms with Gasteiger partial charge in [0, 0.05) is 6.07 Å². The monoisotopic (exact) mass is 290 g/mol. The van der Waals surface area contributed by atoms with Crippen LogP contribution < -0.4 is 10.5 Å². The van der Waals surface area contributed by atoms with Gasteiger partial charge in [0.1, 0.15) is 12.1 Å². The maximum Gasteiger partial charge on any atom is 0.411 e. The molecular formula is C11H13F3N4O2. The lowest BCUT2D eigenvalue weighted by molar-refractivity contribution is -0.174. The minimum Gasteiger partial charge on any atom is -0.481 e. The number of hydrogen-bond donors (Lipinski definition) is 1. The van der Waals surface area contributed by atoms with Crippen molar-refractivity contribution in [2.24, 2.45) is 0 Å². The van der Waals surface area contributed by atoms with Gasteiger partial charge < -0.3 is 15.2 Å². The SMILES string of the molecule is COc1ccc2nc(N)n(CCOCC(F)(F)F)c2n1. The topological polar surface area (TPSA) is 75.2 Å². The summed E-state index contributed by atoms with van der Waals surface area (Å²) in [6, 6.07) is 3.30. The van der Waals surface area contributed by atoms with Crippen molar-refractivity contribution in [2.45, 2.75) is 12.7 Å². The number of nitrogens with two attached hydrogens (primary N) is 1. The van der Waals surface area contributed by atoms with E-state index in [-0.39, 0.29) is 19.1 Å². The van der Waals surface area contributed by atoms with Crippen molar-refractivity contribution >= 4 is 17.1 Å². The van der Waals surface area contributed by atoms with E-state index in [1.807, 2.05) is 0 Å². The Balaban J connectivity index is 2.10. The summed E-state index contributed by atoms with van der Waals surface area (Å²) in [6.45, 7) is -1.32. The molecule has 6 nitrogen and oxygen atoms in total. The van der Waals surface area contributed by atoms with E-state index in [2.05, 4.69) is 14.7 Å². The Kier molecular flexibility index (Phi) is 3.98. The molecule has 2 N–H and O–H groups in total. The van der Waals surface area contributed by atoms with Gasteiger partial charge in [-0.15, -0.1) is 0 Å². The van der Waals surface area contributed by atoms with Crippen LogP contribution in [0.5, 0.6) is 5.88 Å². The molecule has 0 saturated heterocycles. The van der Waals surface area contributed by atoms with Gasteiger partial charge in [-0.2, -0.15) is 18.2 Å². The third kappa shape index (κ3) is 3.29. The first-order valence-corrected chi connectivity index (χ1v) is 5.72. The second-order valence-corrected chi connectivity index (χ2v) is 3.99. The number of alkyl halides is 3. The summed E-state index contributed by atoms with van der Waals surface area (Å²) in [6.07, 6.45) is -4.34. The van der Waals surface area contributed by atoms with Crippen LogP contribution >= 0.6 is 0 Å². The molecule has 0 aliphatic heterocycles. The fourth-order valence-electron chi connectivity index (χ4n) is 1.68. The molecule has 0 bridgehead atoms. The molecule has 0 fully saturated rings. The highest BCUT2D eigenvalue weighted by Crippen LogP contribution is 2.19. The Morgan fingerprint density at radius 2 is 2.05 bits per heavy atom. The number of nitrogen functional groups attached to an aromatic ring is 1. The Hall–Kier alpha value is -2.03. The number of ether oxygens (including phenoxy) is 2. The van der Waals surface area contributed by atoms with Crippen LogP contribution in [0.15, 0.2) is 12.1 Å². The van der Waals surface area contributed by atoms with E-state index < -0.39 is 12.8 Å².